The summed E-state index contributed by atoms with van der Waals surface area (Å²) in [7, 11) is 0. The van der Waals surface area contributed by atoms with Gasteiger partial charge in [0, 0.05) is 18.3 Å². The number of rotatable bonds is 6. The Morgan fingerprint density at radius 2 is 2.29 bits per heavy atom. The lowest BCUT2D eigenvalue weighted by atomic mass is 10.1. The van der Waals surface area contributed by atoms with E-state index < -0.39 is 0 Å². The summed E-state index contributed by atoms with van der Waals surface area (Å²) < 4.78 is 5.01. The Hall–Kier alpha value is -0.130. The fourth-order valence-corrected chi connectivity index (χ4v) is 2.27. The van der Waals surface area contributed by atoms with Gasteiger partial charge < -0.3 is 5.32 Å². The molecule has 0 aromatic carbocycles. The second kappa shape index (κ2) is 6.37. The van der Waals surface area contributed by atoms with Gasteiger partial charge in [-0.15, -0.1) is 0 Å². The van der Waals surface area contributed by atoms with E-state index in [4.69, 9.17) is 0 Å². The second-order valence-corrected chi connectivity index (χ2v) is 5.66. The van der Waals surface area contributed by atoms with E-state index in [0.29, 0.717) is 12.0 Å². The van der Waals surface area contributed by atoms with Crippen LogP contribution in [0.2, 0.25) is 0 Å². The molecule has 0 radical (unpaired) electrons. The van der Waals surface area contributed by atoms with Crippen LogP contribution in [0.3, 0.4) is 0 Å². The van der Waals surface area contributed by atoms with Gasteiger partial charge in [0.05, 0.1) is 0 Å². The molecule has 0 aliphatic heterocycles. The van der Waals surface area contributed by atoms with Gasteiger partial charge in [0.25, 0.3) is 0 Å². The van der Waals surface area contributed by atoms with Crippen LogP contribution in [0.25, 0.3) is 0 Å². The molecule has 0 amide bonds. The van der Waals surface area contributed by atoms with E-state index >= 15 is 0 Å². The Bertz CT molecular complexity index is 236. The van der Waals surface area contributed by atoms with Crippen molar-refractivity contribution in [3.05, 3.63) is 6.33 Å². The van der Waals surface area contributed by atoms with E-state index in [0.717, 1.165) is 16.6 Å². The van der Waals surface area contributed by atoms with Crippen molar-refractivity contribution in [3.63, 3.8) is 0 Å². The van der Waals surface area contributed by atoms with Crippen molar-refractivity contribution in [1.29, 1.82) is 0 Å². The first-order valence-corrected chi connectivity index (χ1v) is 6.59. The molecule has 3 nitrogen and oxygen atoms in total. The Morgan fingerprint density at radius 1 is 1.50 bits per heavy atom. The Morgan fingerprint density at radius 3 is 2.86 bits per heavy atom. The van der Waals surface area contributed by atoms with Crippen LogP contribution in [-0.4, -0.2) is 27.7 Å². The summed E-state index contributed by atoms with van der Waals surface area (Å²) >= 11 is 3.23. The second-order valence-electron chi connectivity index (χ2n) is 3.54. The highest BCUT2D eigenvalue weighted by Crippen LogP contribution is 2.17. The highest BCUT2D eigenvalue weighted by molar-refractivity contribution is 8.00. The largest absolute Gasteiger partial charge is 0.313 e. The van der Waals surface area contributed by atoms with Gasteiger partial charge in [-0.2, -0.15) is 4.37 Å². The number of nitrogens with one attached hydrogen (secondary N) is 1. The van der Waals surface area contributed by atoms with E-state index in [-0.39, 0.29) is 0 Å². The van der Waals surface area contributed by atoms with Gasteiger partial charge in [0.1, 0.15) is 6.33 Å². The highest BCUT2D eigenvalue weighted by atomic mass is 32.2. The minimum absolute atomic E-state index is 0.588. The summed E-state index contributed by atoms with van der Waals surface area (Å²) in [5, 5.41) is 3.48. The summed E-state index contributed by atoms with van der Waals surface area (Å²) in [4.78, 5) is 4.11. The molecule has 1 N–H and O–H groups in total. The summed E-state index contributed by atoms with van der Waals surface area (Å²) in [6, 6.07) is 0.588. The number of hydrogen-bond acceptors (Lipinski definition) is 5. The molecule has 0 saturated heterocycles. The zero-order valence-electron chi connectivity index (χ0n) is 8.86. The summed E-state index contributed by atoms with van der Waals surface area (Å²) in [6.07, 6.45) is 1.61. The average Bonchev–Trinajstić information content (AvgIpc) is 2.64. The van der Waals surface area contributed by atoms with Crippen LogP contribution < -0.4 is 5.32 Å². The minimum Gasteiger partial charge on any atom is -0.313 e. The van der Waals surface area contributed by atoms with Crippen molar-refractivity contribution in [3.8, 4) is 0 Å². The molecule has 1 aromatic rings. The number of aromatic nitrogens is 2. The summed E-state index contributed by atoms with van der Waals surface area (Å²) in [6.45, 7) is 7.72. The Balaban J connectivity index is 2.05. The first kappa shape index (κ1) is 11.9. The van der Waals surface area contributed by atoms with Gasteiger partial charge in [-0.05, 0) is 24.4 Å². The lowest BCUT2D eigenvalue weighted by molar-refractivity contribution is 0.438. The molecule has 0 aliphatic rings. The number of hydrogen-bond donors (Lipinski definition) is 1. The monoisotopic (exact) mass is 231 g/mol. The zero-order valence-corrected chi connectivity index (χ0v) is 10.5. The van der Waals surface area contributed by atoms with Crippen LogP contribution in [-0.2, 0) is 0 Å². The van der Waals surface area contributed by atoms with Crippen LogP contribution >= 0.6 is 23.3 Å². The fourth-order valence-electron chi connectivity index (χ4n) is 0.887. The lowest BCUT2D eigenvalue weighted by Crippen LogP contribution is -2.32. The topological polar surface area (TPSA) is 37.8 Å². The standard InChI is InChI=1S/C9H17N3S2/c1-7(2)8(3)10-4-5-13-9-11-6-12-14-9/h6-8,10H,4-5H2,1-3H3. The molecule has 5 heteroatoms. The molecule has 1 aromatic heterocycles. The van der Waals surface area contributed by atoms with E-state index in [9.17, 15) is 0 Å². The van der Waals surface area contributed by atoms with Gasteiger partial charge in [0.2, 0.25) is 0 Å². The lowest BCUT2D eigenvalue weighted by Gasteiger charge is -2.16. The molecule has 1 rings (SSSR count). The Kier molecular flexibility index (Phi) is 5.44. The molecule has 0 fully saturated rings. The highest BCUT2D eigenvalue weighted by Gasteiger charge is 2.05. The SMILES string of the molecule is CC(C)C(C)NCCSc1ncns1. The maximum atomic E-state index is 4.11. The summed E-state index contributed by atoms with van der Waals surface area (Å²) in [5.74, 6) is 1.76. The molecular weight excluding hydrogens is 214 g/mol. The predicted molar refractivity (Wildman–Crippen MR) is 62.9 cm³/mol. The molecule has 80 valence electrons. The molecular formula is C9H17N3S2. The molecule has 0 spiro atoms. The van der Waals surface area contributed by atoms with E-state index in [1.54, 1.807) is 18.1 Å². The van der Waals surface area contributed by atoms with E-state index in [1.807, 2.05) is 0 Å². The Labute approximate surface area is 93.9 Å². The molecule has 1 atom stereocenters. The smallest absolute Gasteiger partial charge is 0.169 e. The van der Waals surface area contributed by atoms with Crippen molar-refractivity contribution in [2.75, 3.05) is 12.3 Å². The first-order chi connectivity index (χ1) is 6.70. The third kappa shape index (κ3) is 4.39. The number of thioether (sulfide) groups is 1. The molecule has 1 heterocycles. The maximum Gasteiger partial charge on any atom is 0.169 e. The molecule has 1 unspecified atom stereocenters. The zero-order chi connectivity index (χ0) is 10.4. The molecule has 0 aliphatic carbocycles. The van der Waals surface area contributed by atoms with Crippen LogP contribution in [0.4, 0.5) is 0 Å². The predicted octanol–water partition coefficient (Wildman–Crippen LogP) is 2.26. The van der Waals surface area contributed by atoms with Crippen LogP contribution in [0.5, 0.6) is 0 Å². The van der Waals surface area contributed by atoms with Crippen molar-refractivity contribution in [2.24, 2.45) is 5.92 Å². The molecule has 14 heavy (non-hydrogen) atoms. The van der Waals surface area contributed by atoms with Gasteiger partial charge in [-0.3, -0.25) is 0 Å². The van der Waals surface area contributed by atoms with E-state index in [1.165, 1.54) is 11.5 Å². The van der Waals surface area contributed by atoms with Crippen LogP contribution in [0.1, 0.15) is 20.8 Å². The van der Waals surface area contributed by atoms with Crippen molar-refractivity contribution >= 4 is 23.3 Å². The first-order valence-electron chi connectivity index (χ1n) is 4.83. The van der Waals surface area contributed by atoms with Gasteiger partial charge in [-0.1, -0.05) is 25.6 Å². The van der Waals surface area contributed by atoms with Crippen molar-refractivity contribution in [2.45, 2.75) is 31.2 Å². The molecule has 0 saturated carbocycles. The van der Waals surface area contributed by atoms with Crippen LogP contribution in [0, 0.1) is 5.92 Å². The average molecular weight is 231 g/mol. The molecule has 0 bridgehead atoms. The minimum atomic E-state index is 0.588. The normalized spacial score (nSPS) is 13.4. The van der Waals surface area contributed by atoms with Crippen molar-refractivity contribution in [1.82, 2.24) is 14.7 Å². The van der Waals surface area contributed by atoms with Crippen molar-refractivity contribution < 1.29 is 0 Å². The van der Waals surface area contributed by atoms with Gasteiger partial charge >= 0.3 is 0 Å². The third-order valence-electron chi connectivity index (χ3n) is 2.13. The fraction of sp³-hybridized carbons (Fsp3) is 0.778. The van der Waals surface area contributed by atoms with Gasteiger partial charge in [-0.25, -0.2) is 4.98 Å². The van der Waals surface area contributed by atoms with E-state index in [2.05, 4.69) is 35.4 Å². The maximum absolute atomic E-state index is 4.11. The summed E-state index contributed by atoms with van der Waals surface area (Å²) in [5.41, 5.74) is 0. The van der Waals surface area contributed by atoms with Crippen LogP contribution in [0.15, 0.2) is 10.7 Å². The van der Waals surface area contributed by atoms with Gasteiger partial charge in [0.15, 0.2) is 4.34 Å². The number of nitrogens with zero attached hydrogens (tertiary/aromatic N) is 2. The quantitative estimate of drug-likeness (QED) is 0.602. The third-order valence-corrected chi connectivity index (χ3v) is 3.93.